The van der Waals surface area contributed by atoms with Gasteiger partial charge in [0.2, 0.25) is 0 Å². The summed E-state index contributed by atoms with van der Waals surface area (Å²) in [5.74, 6) is -0.0818. The minimum atomic E-state index is -0.635. The van der Waals surface area contributed by atoms with Crippen LogP contribution in [-0.4, -0.2) is 20.9 Å². The van der Waals surface area contributed by atoms with Crippen molar-refractivity contribution in [3.63, 3.8) is 0 Å². The van der Waals surface area contributed by atoms with Gasteiger partial charge in [-0.3, -0.25) is 4.79 Å². The number of nitrogens with one attached hydrogen (secondary N) is 1. The Balaban J connectivity index is 2.19. The lowest BCUT2D eigenvalue weighted by Gasteiger charge is -2.05. The maximum atomic E-state index is 11.1. The third-order valence-electron chi connectivity index (χ3n) is 2.92. The predicted octanol–water partition coefficient (Wildman–Crippen LogP) is 1.31. The molecule has 0 saturated heterocycles. The maximum Gasteiger partial charge on any atom is 0.254 e. The fraction of sp³-hybridized carbons (Fsp3) is 0. The summed E-state index contributed by atoms with van der Waals surface area (Å²) < 4.78 is 0. The van der Waals surface area contributed by atoms with Crippen molar-refractivity contribution < 1.29 is 4.79 Å². The first kappa shape index (κ1) is 11.2. The summed E-state index contributed by atoms with van der Waals surface area (Å²) >= 11 is 0. The topological polar surface area (TPSA) is 111 Å². The highest BCUT2D eigenvalue weighted by Crippen LogP contribution is 2.26. The van der Waals surface area contributed by atoms with Gasteiger partial charge in [0.1, 0.15) is 5.82 Å². The Kier molecular flexibility index (Phi) is 2.42. The summed E-state index contributed by atoms with van der Waals surface area (Å²) in [7, 11) is 0. The van der Waals surface area contributed by atoms with Crippen LogP contribution in [0.3, 0.4) is 0 Å². The van der Waals surface area contributed by atoms with Crippen molar-refractivity contribution in [2.75, 3.05) is 5.73 Å². The van der Waals surface area contributed by atoms with Crippen LogP contribution in [0.5, 0.6) is 0 Å². The molecule has 0 aliphatic rings. The molecule has 3 aromatic rings. The number of carbonyl (C=O) groups is 1. The number of nitrogens with zero attached hydrogens (tertiary/aromatic N) is 2. The van der Waals surface area contributed by atoms with Crippen LogP contribution >= 0.6 is 0 Å². The Labute approximate surface area is 108 Å². The van der Waals surface area contributed by atoms with Gasteiger partial charge in [0, 0.05) is 28.9 Å². The van der Waals surface area contributed by atoms with E-state index in [2.05, 4.69) is 15.0 Å². The molecule has 3 rings (SSSR count). The number of rotatable bonds is 2. The Hall–Kier alpha value is -2.89. The number of nitrogens with two attached hydrogens (primary N) is 2. The van der Waals surface area contributed by atoms with E-state index in [0.717, 1.165) is 16.5 Å². The van der Waals surface area contributed by atoms with Gasteiger partial charge in [0.15, 0.2) is 5.82 Å². The van der Waals surface area contributed by atoms with E-state index in [4.69, 9.17) is 11.5 Å². The number of benzene rings is 1. The van der Waals surface area contributed by atoms with Crippen molar-refractivity contribution in [1.29, 1.82) is 0 Å². The molecule has 0 saturated carbocycles. The Morgan fingerprint density at radius 2 is 2.11 bits per heavy atom. The fourth-order valence-corrected chi connectivity index (χ4v) is 2.00. The molecule has 0 unspecified atom stereocenters. The zero-order chi connectivity index (χ0) is 13.4. The summed E-state index contributed by atoms with van der Waals surface area (Å²) in [6, 6.07) is 7.69. The second-order valence-corrected chi connectivity index (χ2v) is 4.10. The molecule has 1 amide bonds. The van der Waals surface area contributed by atoms with Crippen LogP contribution in [0.2, 0.25) is 0 Å². The fourth-order valence-electron chi connectivity index (χ4n) is 2.00. The quantitative estimate of drug-likeness (QED) is 0.639. The van der Waals surface area contributed by atoms with Crippen LogP contribution in [0.1, 0.15) is 10.4 Å². The highest BCUT2D eigenvalue weighted by molar-refractivity contribution is 5.98. The van der Waals surface area contributed by atoms with Crippen molar-refractivity contribution in [2.45, 2.75) is 0 Å². The number of hydrogen-bond acceptors (Lipinski definition) is 4. The minimum absolute atomic E-state index is 0.0880. The SMILES string of the molecule is NC(=O)c1cnc(-c2cccc3[nH]ccc23)nc1N. The normalized spacial score (nSPS) is 10.7. The number of carbonyl (C=O) groups excluding carboxylic acids is 1. The molecular formula is C13H11N5O. The van der Waals surface area contributed by atoms with Crippen molar-refractivity contribution in [3.05, 3.63) is 42.2 Å². The van der Waals surface area contributed by atoms with Gasteiger partial charge in [-0.1, -0.05) is 12.1 Å². The smallest absolute Gasteiger partial charge is 0.254 e. The first-order chi connectivity index (χ1) is 9.16. The lowest BCUT2D eigenvalue weighted by atomic mass is 10.1. The Bertz CT molecular complexity index is 778. The van der Waals surface area contributed by atoms with E-state index in [1.165, 1.54) is 6.20 Å². The largest absolute Gasteiger partial charge is 0.383 e. The first-order valence-corrected chi connectivity index (χ1v) is 5.65. The van der Waals surface area contributed by atoms with E-state index < -0.39 is 5.91 Å². The van der Waals surface area contributed by atoms with Gasteiger partial charge in [-0.15, -0.1) is 0 Å². The van der Waals surface area contributed by atoms with Crippen LogP contribution in [0.15, 0.2) is 36.7 Å². The predicted molar refractivity (Wildman–Crippen MR) is 72.3 cm³/mol. The molecule has 0 radical (unpaired) electrons. The van der Waals surface area contributed by atoms with Crippen molar-refractivity contribution in [3.8, 4) is 11.4 Å². The number of H-pyrrole nitrogens is 1. The van der Waals surface area contributed by atoms with Crippen LogP contribution in [0, 0.1) is 0 Å². The van der Waals surface area contributed by atoms with Gasteiger partial charge in [0.05, 0.1) is 5.56 Å². The molecule has 94 valence electrons. The zero-order valence-corrected chi connectivity index (χ0v) is 9.92. The van der Waals surface area contributed by atoms with Gasteiger partial charge in [-0.25, -0.2) is 9.97 Å². The van der Waals surface area contributed by atoms with Crippen LogP contribution in [0.4, 0.5) is 5.82 Å². The number of primary amides is 1. The van der Waals surface area contributed by atoms with E-state index in [0.29, 0.717) is 5.82 Å². The van der Waals surface area contributed by atoms with Gasteiger partial charge >= 0.3 is 0 Å². The van der Waals surface area contributed by atoms with E-state index in [-0.39, 0.29) is 11.4 Å². The molecule has 0 spiro atoms. The second kappa shape index (κ2) is 4.09. The molecule has 0 bridgehead atoms. The number of fused-ring (bicyclic) bond motifs is 1. The van der Waals surface area contributed by atoms with Gasteiger partial charge in [-0.2, -0.15) is 0 Å². The standard InChI is InChI=1S/C13H11N5O/c14-11-9(12(15)19)6-17-13(18-11)8-2-1-3-10-7(8)4-5-16-10/h1-6,16H,(H2,15,19)(H2,14,17,18). The zero-order valence-electron chi connectivity index (χ0n) is 9.92. The van der Waals surface area contributed by atoms with Crippen LogP contribution < -0.4 is 11.5 Å². The first-order valence-electron chi connectivity index (χ1n) is 5.65. The Morgan fingerprint density at radius 3 is 2.84 bits per heavy atom. The monoisotopic (exact) mass is 253 g/mol. The Morgan fingerprint density at radius 1 is 1.26 bits per heavy atom. The molecule has 5 N–H and O–H groups in total. The molecule has 1 aromatic carbocycles. The molecule has 2 aromatic heterocycles. The van der Waals surface area contributed by atoms with Crippen LogP contribution in [0.25, 0.3) is 22.3 Å². The molecule has 0 fully saturated rings. The van der Waals surface area contributed by atoms with E-state index in [1.54, 1.807) is 0 Å². The van der Waals surface area contributed by atoms with Gasteiger partial charge in [0.25, 0.3) is 5.91 Å². The van der Waals surface area contributed by atoms with Crippen molar-refractivity contribution in [2.24, 2.45) is 5.73 Å². The third kappa shape index (κ3) is 1.79. The maximum absolute atomic E-state index is 11.1. The van der Waals surface area contributed by atoms with E-state index in [1.807, 2.05) is 30.5 Å². The molecule has 6 heteroatoms. The lowest BCUT2D eigenvalue weighted by Crippen LogP contribution is -2.15. The van der Waals surface area contributed by atoms with Crippen LogP contribution in [-0.2, 0) is 0 Å². The molecule has 0 aliphatic heterocycles. The molecule has 6 nitrogen and oxygen atoms in total. The van der Waals surface area contributed by atoms with E-state index in [9.17, 15) is 4.79 Å². The molecule has 0 atom stereocenters. The summed E-state index contributed by atoms with van der Waals surface area (Å²) in [5.41, 5.74) is 12.9. The number of aromatic nitrogens is 3. The summed E-state index contributed by atoms with van der Waals surface area (Å²) in [5, 5.41) is 0.994. The van der Waals surface area contributed by atoms with Gasteiger partial charge < -0.3 is 16.5 Å². The number of aromatic amines is 1. The third-order valence-corrected chi connectivity index (χ3v) is 2.92. The molecular weight excluding hydrogens is 242 g/mol. The van der Waals surface area contributed by atoms with Gasteiger partial charge in [-0.05, 0) is 12.1 Å². The van der Waals surface area contributed by atoms with Crippen molar-refractivity contribution in [1.82, 2.24) is 15.0 Å². The highest BCUT2D eigenvalue weighted by atomic mass is 16.1. The highest BCUT2D eigenvalue weighted by Gasteiger charge is 2.12. The average Bonchev–Trinajstić information content (AvgIpc) is 2.86. The molecule has 2 heterocycles. The number of nitrogen functional groups attached to an aromatic ring is 1. The number of anilines is 1. The summed E-state index contributed by atoms with van der Waals surface area (Å²) in [4.78, 5) is 22.5. The molecule has 19 heavy (non-hydrogen) atoms. The van der Waals surface area contributed by atoms with Crippen molar-refractivity contribution >= 4 is 22.6 Å². The lowest BCUT2D eigenvalue weighted by molar-refractivity contribution is 0.100. The summed E-state index contributed by atoms with van der Waals surface area (Å²) in [6.07, 6.45) is 3.20. The summed E-state index contributed by atoms with van der Waals surface area (Å²) in [6.45, 7) is 0. The van der Waals surface area contributed by atoms with E-state index >= 15 is 0 Å². The number of hydrogen-bond donors (Lipinski definition) is 3. The number of amides is 1. The molecule has 0 aliphatic carbocycles. The average molecular weight is 253 g/mol. The second-order valence-electron chi connectivity index (χ2n) is 4.10. The minimum Gasteiger partial charge on any atom is -0.383 e.